The van der Waals surface area contributed by atoms with E-state index in [2.05, 4.69) is 15.1 Å². The van der Waals surface area contributed by atoms with Crippen LogP contribution in [0.3, 0.4) is 0 Å². The van der Waals surface area contributed by atoms with E-state index in [4.69, 9.17) is 5.11 Å². The summed E-state index contributed by atoms with van der Waals surface area (Å²) in [6.07, 6.45) is 4.82. The molecule has 0 aliphatic rings. The zero-order chi connectivity index (χ0) is 12.3. The Morgan fingerprint density at radius 3 is 2.94 bits per heavy atom. The Balaban J connectivity index is 2.45. The molecule has 17 heavy (non-hydrogen) atoms. The molecule has 0 fully saturated rings. The minimum atomic E-state index is -0.966. The van der Waals surface area contributed by atoms with Crippen LogP contribution in [0.15, 0.2) is 24.8 Å². The van der Waals surface area contributed by atoms with Gasteiger partial charge < -0.3 is 5.11 Å². The van der Waals surface area contributed by atoms with Gasteiger partial charge in [-0.3, -0.25) is 0 Å². The molecule has 0 aliphatic carbocycles. The van der Waals surface area contributed by atoms with E-state index in [1.807, 2.05) is 6.26 Å². The molecular weight excluding hydrogens is 240 g/mol. The minimum Gasteiger partial charge on any atom is -0.478 e. The van der Waals surface area contributed by atoms with Gasteiger partial charge in [0.15, 0.2) is 5.82 Å². The third-order valence-electron chi connectivity index (χ3n) is 2.12. The number of thioether (sulfide) groups is 1. The van der Waals surface area contributed by atoms with E-state index in [9.17, 15) is 4.79 Å². The summed E-state index contributed by atoms with van der Waals surface area (Å²) in [6, 6.07) is 3.15. The lowest BCUT2D eigenvalue weighted by molar-refractivity contribution is 0.0695. The molecular formula is C10H10N4O2S. The predicted octanol–water partition coefficient (Wildman–Crippen LogP) is 1.22. The molecule has 2 rings (SSSR count). The second-order valence-corrected chi connectivity index (χ2v) is 4.11. The number of pyridine rings is 1. The van der Waals surface area contributed by atoms with Crippen LogP contribution in [0.1, 0.15) is 16.1 Å². The van der Waals surface area contributed by atoms with Crippen molar-refractivity contribution in [2.24, 2.45) is 0 Å². The van der Waals surface area contributed by atoms with Crippen LogP contribution in [0.2, 0.25) is 0 Å². The highest BCUT2D eigenvalue weighted by Gasteiger charge is 2.12. The maximum atomic E-state index is 11.0. The molecule has 0 aromatic carbocycles. The van der Waals surface area contributed by atoms with Crippen LogP contribution < -0.4 is 0 Å². The number of carboxylic acid groups (broad SMARTS) is 1. The number of carbonyl (C=O) groups is 1. The van der Waals surface area contributed by atoms with Gasteiger partial charge in [-0.25, -0.2) is 19.4 Å². The highest BCUT2D eigenvalue weighted by atomic mass is 32.2. The Labute approximate surface area is 102 Å². The molecule has 6 nitrogen and oxygen atoms in total. The van der Waals surface area contributed by atoms with E-state index in [0.29, 0.717) is 17.3 Å². The molecule has 2 aromatic heterocycles. The lowest BCUT2D eigenvalue weighted by atomic mass is 10.2. The maximum Gasteiger partial charge on any atom is 0.337 e. The predicted molar refractivity (Wildman–Crippen MR) is 63.3 cm³/mol. The Kier molecular flexibility index (Phi) is 3.38. The van der Waals surface area contributed by atoms with Gasteiger partial charge >= 0.3 is 5.97 Å². The molecule has 7 heteroatoms. The van der Waals surface area contributed by atoms with Crippen LogP contribution in [-0.4, -0.2) is 37.1 Å². The molecule has 1 N–H and O–H groups in total. The Morgan fingerprint density at radius 1 is 1.53 bits per heavy atom. The van der Waals surface area contributed by atoms with Crippen molar-refractivity contribution in [1.29, 1.82) is 0 Å². The second kappa shape index (κ2) is 4.96. The zero-order valence-electron chi connectivity index (χ0n) is 9.07. The number of nitrogens with zero attached hydrogens (tertiary/aromatic N) is 4. The number of aromatic nitrogens is 4. The monoisotopic (exact) mass is 250 g/mol. The normalized spacial score (nSPS) is 10.4. The van der Waals surface area contributed by atoms with Crippen molar-refractivity contribution in [3.63, 3.8) is 0 Å². The maximum absolute atomic E-state index is 11.0. The van der Waals surface area contributed by atoms with E-state index < -0.39 is 5.97 Å². The molecule has 0 bridgehead atoms. The first-order valence-electron chi connectivity index (χ1n) is 4.79. The summed E-state index contributed by atoms with van der Waals surface area (Å²) < 4.78 is 1.50. The van der Waals surface area contributed by atoms with E-state index in [-0.39, 0.29) is 5.56 Å². The lowest BCUT2D eigenvalue weighted by Crippen LogP contribution is -2.07. The van der Waals surface area contributed by atoms with Gasteiger partial charge in [0.25, 0.3) is 0 Å². The standard InChI is InChI=1S/C10H10N4O2S/c1-17-4-8-7(10(15)16)2-3-9(13-8)14-6-11-5-12-14/h2-3,5-6H,4H2,1H3,(H,15,16). The SMILES string of the molecule is CSCc1nc(-n2cncn2)ccc1C(=O)O. The van der Waals surface area contributed by atoms with Crippen LogP contribution in [-0.2, 0) is 5.75 Å². The van der Waals surface area contributed by atoms with E-state index in [1.54, 1.807) is 6.07 Å². The molecule has 0 radical (unpaired) electrons. The fraction of sp³-hybridized carbons (Fsp3) is 0.200. The topological polar surface area (TPSA) is 80.9 Å². The summed E-state index contributed by atoms with van der Waals surface area (Å²) in [5.74, 6) is 0.146. The first-order valence-corrected chi connectivity index (χ1v) is 6.19. The summed E-state index contributed by atoms with van der Waals surface area (Å²) in [7, 11) is 0. The highest BCUT2D eigenvalue weighted by Crippen LogP contribution is 2.15. The third kappa shape index (κ3) is 2.44. The van der Waals surface area contributed by atoms with E-state index >= 15 is 0 Å². The first-order chi connectivity index (χ1) is 8.22. The van der Waals surface area contributed by atoms with Crippen LogP contribution in [0.5, 0.6) is 0 Å². The van der Waals surface area contributed by atoms with Gasteiger partial charge in [0.05, 0.1) is 11.3 Å². The zero-order valence-corrected chi connectivity index (χ0v) is 9.89. The summed E-state index contributed by atoms with van der Waals surface area (Å²) in [4.78, 5) is 19.1. The molecule has 0 atom stereocenters. The Bertz CT molecular complexity index is 527. The Hall–Kier alpha value is -1.89. The Morgan fingerprint density at radius 2 is 2.35 bits per heavy atom. The van der Waals surface area contributed by atoms with Gasteiger partial charge in [0.1, 0.15) is 12.7 Å². The van der Waals surface area contributed by atoms with Crippen molar-refractivity contribution < 1.29 is 9.90 Å². The largest absolute Gasteiger partial charge is 0.478 e. The van der Waals surface area contributed by atoms with Gasteiger partial charge in [-0.2, -0.15) is 16.9 Å². The fourth-order valence-corrected chi connectivity index (χ4v) is 1.88. The van der Waals surface area contributed by atoms with Crippen molar-refractivity contribution in [1.82, 2.24) is 19.7 Å². The summed E-state index contributed by atoms with van der Waals surface area (Å²) in [5, 5.41) is 13.0. The molecule has 0 spiro atoms. The molecule has 0 amide bonds. The number of hydrogen-bond donors (Lipinski definition) is 1. The fourth-order valence-electron chi connectivity index (χ4n) is 1.39. The number of hydrogen-bond acceptors (Lipinski definition) is 5. The van der Waals surface area contributed by atoms with Crippen LogP contribution in [0.4, 0.5) is 0 Å². The van der Waals surface area contributed by atoms with Crippen molar-refractivity contribution in [2.75, 3.05) is 6.26 Å². The van der Waals surface area contributed by atoms with Gasteiger partial charge in [-0.15, -0.1) is 0 Å². The van der Waals surface area contributed by atoms with E-state index in [1.165, 1.54) is 35.2 Å². The number of rotatable bonds is 4. The third-order valence-corrected chi connectivity index (χ3v) is 2.69. The van der Waals surface area contributed by atoms with Crippen molar-refractivity contribution >= 4 is 17.7 Å². The molecule has 0 saturated carbocycles. The molecule has 88 valence electrons. The molecule has 0 saturated heterocycles. The first kappa shape index (κ1) is 11.6. The second-order valence-electron chi connectivity index (χ2n) is 3.24. The van der Waals surface area contributed by atoms with Crippen molar-refractivity contribution in [3.8, 4) is 5.82 Å². The van der Waals surface area contributed by atoms with E-state index in [0.717, 1.165) is 0 Å². The van der Waals surface area contributed by atoms with Crippen LogP contribution >= 0.6 is 11.8 Å². The molecule has 0 aliphatic heterocycles. The van der Waals surface area contributed by atoms with Crippen molar-refractivity contribution in [3.05, 3.63) is 36.0 Å². The average Bonchev–Trinajstić information content (AvgIpc) is 2.82. The molecule has 2 aromatic rings. The highest BCUT2D eigenvalue weighted by molar-refractivity contribution is 7.97. The smallest absolute Gasteiger partial charge is 0.337 e. The summed E-state index contributed by atoms with van der Waals surface area (Å²) >= 11 is 1.52. The quantitative estimate of drug-likeness (QED) is 0.878. The van der Waals surface area contributed by atoms with Crippen LogP contribution in [0, 0.1) is 0 Å². The summed E-state index contributed by atoms with van der Waals surface area (Å²) in [6.45, 7) is 0. The molecule has 2 heterocycles. The van der Waals surface area contributed by atoms with Gasteiger partial charge in [0, 0.05) is 5.75 Å². The average molecular weight is 250 g/mol. The molecule has 0 unspecified atom stereocenters. The minimum absolute atomic E-state index is 0.225. The van der Waals surface area contributed by atoms with Crippen molar-refractivity contribution in [2.45, 2.75) is 5.75 Å². The van der Waals surface area contributed by atoms with Gasteiger partial charge in [0.2, 0.25) is 0 Å². The summed E-state index contributed by atoms with van der Waals surface area (Å²) in [5.41, 5.74) is 0.765. The number of carboxylic acids is 1. The van der Waals surface area contributed by atoms with Crippen LogP contribution in [0.25, 0.3) is 5.82 Å². The van der Waals surface area contributed by atoms with Gasteiger partial charge in [-0.1, -0.05) is 0 Å². The van der Waals surface area contributed by atoms with Gasteiger partial charge in [-0.05, 0) is 18.4 Å². The lowest BCUT2D eigenvalue weighted by Gasteiger charge is -2.06. The number of aromatic carboxylic acids is 1.